The second-order valence-electron chi connectivity index (χ2n) is 5.61. The zero-order valence-corrected chi connectivity index (χ0v) is 12.9. The second kappa shape index (κ2) is 5.94. The van der Waals surface area contributed by atoms with Crippen LogP contribution in [0.4, 0.5) is 26.3 Å². The van der Waals surface area contributed by atoms with Crippen LogP contribution in [0.2, 0.25) is 0 Å². The van der Waals surface area contributed by atoms with E-state index in [9.17, 15) is 31.1 Å². The molecule has 0 bridgehead atoms. The van der Waals surface area contributed by atoms with E-state index < -0.39 is 48.2 Å². The second-order valence-corrected chi connectivity index (χ2v) is 6.78. The van der Waals surface area contributed by atoms with E-state index in [-0.39, 0.29) is 17.7 Å². The number of ketones is 1. The first-order valence-electron chi connectivity index (χ1n) is 6.57. The number of hydrogen-bond acceptors (Lipinski definition) is 3. The van der Waals surface area contributed by atoms with E-state index in [0.717, 1.165) is 0 Å². The van der Waals surface area contributed by atoms with Crippen LogP contribution in [0, 0.1) is 11.8 Å². The molecular weight excluding hydrogens is 384 g/mol. The third-order valence-corrected chi connectivity index (χ3v) is 5.32. The van der Waals surface area contributed by atoms with Gasteiger partial charge in [-0.3, -0.25) is 4.79 Å². The predicted octanol–water partition coefficient (Wildman–Crippen LogP) is 2.83. The summed E-state index contributed by atoms with van der Waals surface area (Å²) < 4.78 is 82.3. The van der Waals surface area contributed by atoms with Crippen molar-refractivity contribution in [3.05, 3.63) is 0 Å². The Morgan fingerprint density at radius 2 is 1.77 bits per heavy atom. The highest BCUT2D eigenvalue weighted by molar-refractivity contribution is 9.09. The molecule has 10 heteroatoms. The first kappa shape index (κ1) is 18.0. The van der Waals surface area contributed by atoms with E-state index in [0.29, 0.717) is 0 Å². The van der Waals surface area contributed by atoms with Gasteiger partial charge in [-0.1, -0.05) is 15.9 Å². The van der Waals surface area contributed by atoms with Crippen LogP contribution in [0.5, 0.6) is 0 Å². The van der Waals surface area contributed by atoms with Crippen LogP contribution in [0.15, 0.2) is 0 Å². The Morgan fingerprint density at radius 3 is 2.23 bits per heavy atom. The van der Waals surface area contributed by atoms with Gasteiger partial charge in [0.15, 0.2) is 0 Å². The lowest BCUT2D eigenvalue weighted by molar-refractivity contribution is -0.192. The Kier molecular flexibility index (Phi) is 4.86. The van der Waals surface area contributed by atoms with Gasteiger partial charge in [0.05, 0.1) is 12.0 Å². The van der Waals surface area contributed by atoms with Gasteiger partial charge < -0.3 is 10.1 Å². The molecule has 22 heavy (non-hydrogen) atoms. The number of rotatable bonds is 2. The summed E-state index contributed by atoms with van der Waals surface area (Å²) >= 11 is 3.26. The van der Waals surface area contributed by atoms with E-state index in [4.69, 9.17) is 4.74 Å². The molecule has 1 saturated carbocycles. The molecule has 2 fully saturated rings. The molecule has 6 atom stereocenters. The van der Waals surface area contributed by atoms with E-state index in [1.54, 1.807) is 0 Å². The average Bonchev–Trinajstić information content (AvgIpc) is 2.73. The van der Waals surface area contributed by atoms with Crippen LogP contribution in [0.1, 0.15) is 12.8 Å². The van der Waals surface area contributed by atoms with Crippen LogP contribution < -0.4 is 5.32 Å². The number of fused-ring (bicyclic) bond motifs is 1. The Bertz CT molecular complexity index is 440. The standard InChI is InChI=1S/C12H14BrF6NO2/c1-22-7-2-4-6(3-5(7)13)20-9(11(14,15)16)8(4)10(21)12(17,18)19/h4-9,20H,2-3H2,1H3. The number of methoxy groups -OCH3 is 1. The largest absolute Gasteiger partial charge is 0.450 e. The maximum absolute atomic E-state index is 13.1. The minimum absolute atomic E-state index is 0.0385. The Morgan fingerprint density at radius 1 is 1.18 bits per heavy atom. The highest BCUT2D eigenvalue weighted by atomic mass is 79.9. The van der Waals surface area contributed by atoms with Gasteiger partial charge in [-0.25, -0.2) is 0 Å². The molecule has 2 rings (SSSR count). The molecule has 1 heterocycles. The highest BCUT2D eigenvalue weighted by Gasteiger charge is 2.63. The Balaban J connectivity index is 2.34. The van der Waals surface area contributed by atoms with Gasteiger partial charge >= 0.3 is 12.4 Å². The minimum Gasteiger partial charge on any atom is -0.380 e. The van der Waals surface area contributed by atoms with Crippen molar-refractivity contribution in [3.63, 3.8) is 0 Å². The van der Waals surface area contributed by atoms with Gasteiger partial charge in [0.2, 0.25) is 5.78 Å². The fraction of sp³-hybridized carbons (Fsp3) is 0.917. The zero-order chi connectivity index (χ0) is 16.9. The first-order valence-corrected chi connectivity index (χ1v) is 7.49. The molecule has 1 aliphatic carbocycles. The summed E-state index contributed by atoms with van der Waals surface area (Å²) in [7, 11) is 1.34. The number of ether oxygens (including phenoxy) is 1. The molecule has 128 valence electrons. The van der Waals surface area contributed by atoms with E-state index >= 15 is 0 Å². The van der Waals surface area contributed by atoms with E-state index in [1.807, 2.05) is 0 Å². The van der Waals surface area contributed by atoms with Gasteiger partial charge in [0.25, 0.3) is 0 Å². The molecule has 2 aliphatic rings. The van der Waals surface area contributed by atoms with Crippen molar-refractivity contribution in [3.8, 4) is 0 Å². The van der Waals surface area contributed by atoms with Crippen molar-refractivity contribution in [2.75, 3.05) is 7.11 Å². The van der Waals surface area contributed by atoms with E-state index in [1.165, 1.54) is 7.11 Å². The average molecular weight is 398 g/mol. The van der Waals surface area contributed by atoms with Gasteiger partial charge in [-0.05, 0) is 18.8 Å². The lowest BCUT2D eigenvalue weighted by Crippen LogP contribution is -2.48. The number of hydrogen-bond donors (Lipinski definition) is 1. The van der Waals surface area contributed by atoms with Crippen molar-refractivity contribution in [2.45, 2.75) is 48.2 Å². The Hall–Kier alpha value is -0.350. The van der Waals surface area contributed by atoms with Crippen LogP contribution >= 0.6 is 15.9 Å². The number of carbonyl (C=O) groups excluding carboxylic acids is 1. The lowest BCUT2D eigenvalue weighted by Gasteiger charge is -2.36. The SMILES string of the molecule is COC1CC2C(CC1Br)NC(C(F)(F)F)C2C(=O)C(F)(F)F. The topological polar surface area (TPSA) is 38.3 Å². The summed E-state index contributed by atoms with van der Waals surface area (Å²) in [4.78, 5) is 11.3. The molecule has 1 aliphatic heterocycles. The summed E-state index contributed by atoms with van der Waals surface area (Å²) in [5, 5.41) is 2.18. The maximum Gasteiger partial charge on any atom is 0.450 e. The zero-order valence-electron chi connectivity index (χ0n) is 11.3. The fourth-order valence-corrected chi connectivity index (χ4v) is 4.23. The third kappa shape index (κ3) is 3.28. The first-order chi connectivity index (χ1) is 9.96. The van der Waals surface area contributed by atoms with Gasteiger partial charge in [0.1, 0.15) is 6.04 Å². The molecular formula is C12H14BrF6NO2. The molecule has 0 aromatic heterocycles. The van der Waals surface area contributed by atoms with Crippen molar-refractivity contribution in [2.24, 2.45) is 11.8 Å². The van der Waals surface area contributed by atoms with Gasteiger partial charge in [-0.15, -0.1) is 0 Å². The number of Topliss-reactive ketones (excluding diaryl/α,β-unsaturated/α-hetero) is 1. The van der Waals surface area contributed by atoms with Crippen LogP contribution in [0.25, 0.3) is 0 Å². The fourth-order valence-electron chi connectivity index (χ4n) is 3.40. The van der Waals surface area contributed by atoms with E-state index in [2.05, 4.69) is 21.2 Å². The van der Waals surface area contributed by atoms with Gasteiger partial charge in [0, 0.05) is 18.0 Å². The van der Waals surface area contributed by atoms with Crippen molar-refractivity contribution < 1.29 is 35.9 Å². The molecule has 0 aromatic rings. The predicted molar refractivity (Wildman–Crippen MR) is 67.6 cm³/mol. The Labute approximate surface area is 130 Å². The van der Waals surface area contributed by atoms with Crippen LogP contribution in [-0.4, -0.2) is 48.3 Å². The molecule has 1 N–H and O–H groups in total. The lowest BCUT2D eigenvalue weighted by atomic mass is 9.75. The number of halogens is 7. The summed E-state index contributed by atoms with van der Waals surface area (Å²) in [6, 6.07) is -3.29. The molecule has 3 nitrogen and oxygen atoms in total. The van der Waals surface area contributed by atoms with Crippen molar-refractivity contribution >= 4 is 21.7 Å². The van der Waals surface area contributed by atoms with Crippen LogP contribution in [0.3, 0.4) is 0 Å². The highest BCUT2D eigenvalue weighted by Crippen LogP contribution is 2.47. The molecule has 0 radical (unpaired) electrons. The minimum atomic E-state index is -5.29. The third-order valence-electron chi connectivity index (χ3n) is 4.36. The molecule has 1 saturated heterocycles. The molecule has 0 spiro atoms. The number of alkyl halides is 7. The molecule has 0 amide bonds. The van der Waals surface area contributed by atoms with Gasteiger partial charge in [-0.2, -0.15) is 26.3 Å². The molecule has 6 unspecified atom stereocenters. The van der Waals surface area contributed by atoms with Crippen molar-refractivity contribution in [1.29, 1.82) is 0 Å². The van der Waals surface area contributed by atoms with Crippen LogP contribution in [-0.2, 0) is 9.53 Å². The summed E-state index contributed by atoms with van der Waals surface area (Å²) in [6.45, 7) is 0. The van der Waals surface area contributed by atoms with Crippen molar-refractivity contribution in [1.82, 2.24) is 5.32 Å². The number of nitrogens with one attached hydrogen (secondary N) is 1. The maximum atomic E-state index is 13.1. The summed E-state index contributed by atoms with van der Waals surface area (Å²) in [5.74, 6) is -5.54. The summed E-state index contributed by atoms with van der Waals surface area (Å²) in [5.41, 5.74) is 0. The normalized spacial score (nSPS) is 39.6. The monoisotopic (exact) mass is 397 g/mol. The smallest absolute Gasteiger partial charge is 0.380 e. The summed E-state index contributed by atoms with van der Waals surface area (Å²) in [6.07, 6.45) is -10.6. The quantitative estimate of drug-likeness (QED) is 0.575. The number of carbonyl (C=O) groups is 1. The molecule has 0 aromatic carbocycles.